The van der Waals surface area contributed by atoms with Crippen LogP contribution >= 0.6 is 23.2 Å². The first-order valence-corrected chi connectivity index (χ1v) is 11.8. The number of nitrogens with zero attached hydrogens (tertiary/aromatic N) is 1. The van der Waals surface area contributed by atoms with Crippen LogP contribution in [0.3, 0.4) is 0 Å². The third-order valence-electron chi connectivity index (χ3n) is 6.29. The van der Waals surface area contributed by atoms with Crippen molar-refractivity contribution in [1.82, 2.24) is 4.57 Å². The van der Waals surface area contributed by atoms with Gasteiger partial charge in [0.15, 0.2) is 0 Å². The van der Waals surface area contributed by atoms with E-state index in [1.165, 1.54) is 6.07 Å². The Hall–Kier alpha value is -2.92. The second-order valence-electron chi connectivity index (χ2n) is 8.35. The molecule has 0 aliphatic rings. The predicted molar refractivity (Wildman–Crippen MR) is 138 cm³/mol. The Labute approximate surface area is 208 Å². The van der Waals surface area contributed by atoms with Crippen LogP contribution < -0.4 is 11.3 Å². The maximum atomic E-state index is 14.7. The van der Waals surface area contributed by atoms with Crippen LogP contribution in [0.25, 0.3) is 11.1 Å². The second kappa shape index (κ2) is 10.1. The average molecular weight is 495 g/mol. The molecule has 0 saturated carbocycles. The fourth-order valence-corrected chi connectivity index (χ4v) is 4.83. The number of aromatic nitrogens is 1. The summed E-state index contributed by atoms with van der Waals surface area (Å²) >= 11 is 12.9. The molecule has 4 aromatic rings. The summed E-state index contributed by atoms with van der Waals surface area (Å²) in [7, 11) is 0. The van der Waals surface area contributed by atoms with E-state index >= 15 is 0 Å². The Morgan fingerprint density at radius 1 is 0.882 bits per heavy atom. The molecule has 0 bridgehead atoms. The lowest BCUT2D eigenvalue weighted by molar-refractivity contribution is 0.547. The second-order valence-corrected chi connectivity index (χ2v) is 9.17. The molecule has 2 N–H and O–H groups in total. The molecule has 0 fully saturated rings. The van der Waals surface area contributed by atoms with Gasteiger partial charge < -0.3 is 10.3 Å². The summed E-state index contributed by atoms with van der Waals surface area (Å²) in [5.41, 5.74) is 11.0. The molecule has 0 amide bonds. The summed E-state index contributed by atoms with van der Waals surface area (Å²) in [4.78, 5) is 13.8. The summed E-state index contributed by atoms with van der Waals surface area (Å²) in [6.07, 6.45) is 0.238. The van der Waals surface area contributed by atoms with E-state index in [0.29, 0.717) is 26.7 Å². The van der Waals surface area contributed by atoms with Crippen LogP contribution in [0.5, 0.6) is 0 Å². The minimum Gasteiger partial charge on any atom is -0.322 e. The molecule has 1 atom stereocenters. The van der Waals surface area contributed by atoms with Crippen molar-refractivity contribution in [3.05, 3.63) is 127 Å². The third-order valence-corrected chi connectivity index (χ3v) is 6.98. The van der Waals surface area contributed by atoms with Crippen LogP contribution in [0.1, 0.15) is 34.0 Å². The molecule has 4 rings (SSSR count). The van der Waals surface area contributed by atoms with Crippen molar-refractivity contribution in [3.8, 4) is 11.1 Å². The van der Waals surface area contributed by atoms with Crippen molar-refractivity contribution in [3.63, 3.8) is 0 Å². The Bertz CT molecular complexity index is 1380. The van der Waals surface area contributed by atoms with Gasteiger partial charge >= 0.3 is 0 Å². The maximum absolute atomic E-state index is 14.7. The van der Waals surface area contributed by atoms with Crippen molar-refractivity contribution in [2.24, 2.45) is 5.73 Å². The minimum atomic E-state index is -0.399. The molecule has 0 radical (unpaired) electrons. The van der Waals surface area contributed by atoms with Gasteiger partial charge in [0.05, 0.1) is 5.56 Å². The first kappa shape index (κ1) is 24.2. The van der Waals surface area contributed by atoms with Crippen LogP contribution in [0.2, 0.25) is 10.0 Å². The quantitative estimate of drug-likeness (QED) is 0.317. The van der Waals surface area contributed by atoms with Crippen molar-refractivity contribution in [2.45, 2.75) is 32.9 Å². The summed E-state index contributed by atoms with van der Waals surface area (Å²) in [5, 5.41) is 0.817. The fourth-order valence-electron chi connectivity index (χ4n) is 4.37. The van der Waals surface area contributed by atoms with Crippen LogP contribution in [0.4, 0.5) is 4.39 Å². The van der Waals surface area contributed by atoms with E-state index in [4.69, 9.17) is 28.9 Å². The Morgan fingerprint density at radius 3 is 2.21 bits per heavy atom. The minimum absolute atomic E-state index is 0.183. The van der Waals surface area contributed by atoms with Crippen molar-refractivity contribution in [2.75, 3.05) is 0 Å². The SMILES string of the molecule is Cc1c(Cc2c(F)cccc2Cl)c(C)n(CC(N)c2ccccc2)c(=O)c1-c1ccccc1Cl. The van der Waals surface area contributed by atoms with Gasteiger partial charge in [-0.15, -0.1) is 0 Å². The normalized spacial score (nSPS) is 12.1. The zero-order chi connectivity index (χ0) is 24.4. The lowest BCUT2D eigenvalue weighted by atomic mass is 9.92. The van der Waals surface area contributed by atoms with Crippen LogP contribution in [0, 0.1) is 19.7 Å². The molecule has 3 nitrogen and oxygen atoms in total. The lowest BCUT2D eigenvalue weighted by Crippen LogP contribution is -2.31. The van der Waals surface area contributed by atoms with E-state index in [9.17, 15) is 9.18 Å². The Morgan fingerprint density at radius 2 is 1.53 bits per heavy atom. The molecule has 0 saturated heterocycles. The highest BCUT2D eigenvalue weighted by molar-refractivity contribution is 6.33. The molecular weight excluding hydrogens is 470 g/mol. The van der Waals surface area contributed by atoms with Crippen LogP contribution in [0.15, 0.2) is 77.6 Å². The fraction of sp³-hybridized carbons (Fsp3) is 0.179. The molecule has 1 aromatic heterocycles. The largest absolute Gasteiger partial charge is 0.322 e. The van der Waals surface area contributed by atoms with Gasteiger partial charge in [0, 0.05) is 45.9 Å². The molecule has 0 aliphatic heterocycles. The van der Waals surface area contributed by atoms with Crippen molar-refractivity contribution in [1.29, 1.82) is 0 Å². The van der Waals surface area contributed by atoms with Gasteiger partial charge in [-0.25, -0.2) is 4.39 Å². The smallest absolute Gasteiger partial charge is 0.259 e. The van der Waals surface area contributed by atoms with Crippen LogP contribution in [-0.4, -0.2) is 4.57 Å². The number of hydrogen-bond donors (Lipinski definition) is 1. The van der Waals surface area contributed by atoms with Gasteiger partial charge in [-0.1, -0.05) is 77.8 Å². The molecule has 0 aliphatic carbocycles. The zero-order valence-electron chi connectivity index (χ0n) is 19.0. The number of nitrogens with two attached hydrogens (primary N) is 1. The van der Waals surface area contributed by atoms with Gasteiger partial charge in [0.1, 0.15) is 5.82 Å². The molecule has 174 valence electrons. The van der Waals surface area contributed by atoms with Crippen molar-refractivity contribution >= 4 is 23.2 Å². The monoisotopic (exact) mass is 494 g/mol. The van der Waals surface area contributed by atoms with E-state index in [-0.39, 0.29) is 24.3 Å². The Balaban J connectivity index is 1.94. The summed E-state index contributed by atoms with van der Waals surface area (Å²) < 4.78 is 16.4. The predicted octanol–water partition coefficient (Wildman–Crippen LogP) is 6.87. The van der Waals surface area contributed by atoms with Gasteiger partial charge in [-0.2, -0.15) is 0 Å². The number of halogens is 3. The third kappa shape index (κ3) is 4.67. The van der Waals surface area contributed by atoms with Gasteiger partial charge in [0.25, 0.3) is 5.56 Å². The topological polar surface area (TPSA) is 48.0 Å². The molecule has 1 heterocycles. The van der Waals surface area contributed by atoms with E-state index in [1.54, 1.807) is 22.8 Å². The number of benzene rings is 3. The first-order chi connectivity index (χ1) is 16.3. The van der Waals surface area contributed by atoms with Gasteiger partial charge in [-0.05, 0) is 48.7 Å². The Kier molecular flexibility index (Phi) is 7.22. The van der Waals surface area contributed by atoms with E-state index in [1.807, 2.05) is 62.4 Å². The molecular formula is C28H25Cl2FN2O. The molecule has 6 heteroatoms. The number of hydrogen-bond acceptors (Lipinski definition) is 2. The number of pyridine rings is 1. The summed E-state index contributed by atoms with van der Waals surface area (Å²) in [6.45, 7) is 4.01. The molecule has 34 heavy (non-hydrogen) atoms. The number of rotatable bonds is 6. The van der Waals surface area contributed by atoms with E-state index in [2.05, 4.69) is 0 Å². The van der Waals surface area contributed by atoms with Gasteiger partial charge in [0.2, 0.25) is 0 Å². The highest BCUT2D eigenvalue weighted by atomic mass is 35.5. The molecule has 1 unspecified atom stereocenters. The van der Waals surface area contributed by atoms with E-state index < -0.39 is 6.04 Å². The standard InChI is InChI=1S/C28H25Cl2FN2O/c1-17-21(15-22-24(30)13-8-14-25(22)31)18(2)33(16-26(32)19-9-4-3-5-10-19)28(34)27(17)20-11-6-7-12-23(20)29/h3-14,26H,15-16,32H2,1-2H3. The summed E-state index contributed by atoms with van der Waals surface area (Å²) in [6, 6.07) is 21.1. The van der Waals surface area contributed by atoms with Crippen LogP contribution in [-0.2, 0) is 13.0 Å². The molecule has 3 aromatic carbocycles. The molecule has 0 spiro atoms. The average Bonchev–Trinajstić information content (AvgIpc) is 2.83. The maximum Gasteiger partial charge on any atom is 0.259 e. The highest BCUT2D eigenvalue weighted by Gasteiger charge is 2.22. The van der Waals surface area contributed by atoms with E-state index in [0.717, 1.165) is 22.4 Å². The zero-order valence-corrected chi connectivity index (χ0v) is 20.5. The first-order valence-electron chi connectivity index (χ1n) is 11.0. The van der Waals surface area contributed by atoms with Crippen molar-refractivity contribution < 1.29 is 4.39 Å². The highest BCUT2D eigenvalue weighted by Crippen LogP contribution is 2.33. The summed E-state index contributed by atoms with van der Waals surface area (Å²) in [5.74, 6) is -0.385. The van der Waals surface area contributed by atoms with Gasteiger partial charge in [-0.3, -0.25) is 4.79 Å². The lowest BCUT2D eigenvalue weighted by Gasteiger charge is -2.23.